The Bertz CT molecular complexity index is 463. The van der Waals surface area contributed by atoms with Crippen molar-refractivity contribution in [2.75, 3.05) is 0 Å². The van der Waals surface area contributed by atoms with Gasteiger partial charge in [-0.2, -0.15) is 5.10 Å². The Kier molecular flexibility index (Phi) is 3.91. The van der Waals surface area contributed by atoms with Crippen molar-refractivity contribution < 1.29 is 4.74 Å². The summed E-state index contributed by atoms with van der Waals surface area (Å²) in [6.07, 6.45) is 9.48. The Morgan fingerprint density at radius 1 is 1.26 bits per heavy atom. The lowest BCUT2D eigenvalue weighted by atomic mass is 9.83. The van der Waals surface area contributed by atoms with Crippen LogP contribution in [0.15, 0.2) is 0 Å². The molecule has 2 heterocycles. The van der Waals surface area contributed by atoms with Crippen LogP contribution >= 0.6 is 22.6 Å². The highest BCUT2D eigenvalue weighted by Gasteiger charge is 2.40. The highest BCUT2D eigenvalue weighted by molar-refractivity contribution is 14.1. The third kappa shape index (κ3) is 2.71. The summed E-state index contributed by atoms with van der Waals surface area (Å²) >= 11 is 2.39. The third-order valence-electron chi connectivity index (χ3n) is 4.77. The fourth-order valence-corrected chi connectivity index (χ4v) is 4.02. The number of ether oxygens (including phenoxy) is 1. The van der Waals surface area contributed by atoms with E-state index in [4.69, 9.17) is 4.74 Å². The molecule has 3 rings (SSSR count). The first-order chi connectivity index (χ1) is 9.10. The van der Waals surface area contributed by atoms with Gasteiger partial charge in [-0.15, -0.1) is 0 Å². The molecule has 4 heteroatoms. The molecule has 106 valence electrons. The molecule has 0 aromatic carbocycles. The van der Waals surface area contributed by atoms with Crippen LogP contribution in [0.4, 0.5) is 0 Å². The summed E-state index contributed by atoms with van der Waals surface area (Å²) in [5, 5.41) is 4.64. The maximum absolute atomic E-state index is 6.43. The lowest BCUT2D eigenvalue weighted by Gasteiger charge is -2.33. The molecule has 2 fully saturated rings. The second kappa shape index (κ2) is 5.35. The van der Waals surface area contributed by atoms with E-state index in [1.165, 1.54) is 54.2 Å². The first-order valence-electron chi connectivity index (χ1n) is 7.47. The zero-order valence-electron chi connectivity index (χ0n) is 11.9. The smallest absolute Gasteiger partial charge is 0.0779 e. The van der Waals surface area contributed by atoms with Crippen molar-refractivity contribution in [2.24, 2.45) is 0 Å². The van der Waals surface area contributed by atoms with E-state index in [2.05, 4.69) is 46.2 Å². The van der Waals surface area contributed by atoms with E-state index >= 15 is 0 Å². The van der Waals surface area contributed by atoms with Crippen molar-refractivity contribution in [3.05, 3.63) is 15.0 Å². The molecule has 0 bridgehead atoms. The van der Waals surface area contributed by atoms with Gasteiger partial charge in [0.15, 0.2) is 0 Å². The molecule has 1 atom stereocenters. The molecule has 1 aromatic heterocycles. The lowest BCUT2D eigenvalue weighted by Crippen LogP contribution is -2.32. The van der Waals surface area contributed by atoms with Gasteiger partial charge in [0, 0.05) is 5.69 Å². The fourth-order valence-electron chi connectivity index (χ4n) is 3.63. The minimum absolute atomic E-state index is 0.228. The van der Waals surface area contributed by atoms with Crippen LogP contribution in [-0.2, 0) is 11.3 Å². The van der Waals surface area contributed by atoms with Gasteiger partial charge in [-0.25, -0.2) is 0 Å². The summed E-state index contributed by atoms with van der Waals surface area (Å²) in [6, 6.07) is 0. The molecule has 0 N–H and O–H groups in total. The number of aryl methyl sites for hydroxylation is 1. The van der Waals surface area contributed by atoms with E-state index in [9.17, 15) is 0 Å². The first kappa shape index (κ1) is 13.9. The van der Waals surface area contributed by atoms with Crippen LogP contribution in [0.25, 0.3) is 0 Å². The molecule has 1 saturated carbocycles. The minimum Gasteiger partial charge on any atom is -0.370 e. The van der Waals surface area contributed by atoms with Gasteiger partial charge < -0.3 is 4.74 Å². The number of hydrogen-bond acceptors (Lipinski definition) is 2. The lowest BCUT2D eigenvalue weighted by molar-refractivity contribution is -0.0690. The maximum Gasteiger partial charge on any atom is 0.0779 e. The van der Waals surface area contributed by atoms with Gasteiger partial charge in [0.25, 0.3) is 0 Å². The quantitative estimate of drug-likeness (QED) is 0.732. The number of nitrogens with zero attached hydrogens (tertiary/aromatic N) is 2. The van der Waals surface area contributed by atoms with E-state index in [-0.39, 0.29) is 5.60 Å². The average Bonchev–Trinajstić information content (AvgIpc) is 2.89. The molecular formula is C15H23IN2O. The number of hydrogen-bond donors (Lipinski definition) is 0. The van der Waals surface area contributed by atoms with Crippen molar-refractivity contribution in [1.29, 1.82) is 0 Å². The second-order valence-corrected chi connectivity index (χ2v) is 7.27. The molecule has 2 aliphatic rings. The maximum atomic E-state index is 6.43. The van der Waals surface area contributed by atoms with Crippen molar-refractivity contribution in [3.63, 3.8) is 0 Å². The van der Waals surface area contributed by atoms with Crippen molar-refractivity contribution in [1.82, 2.24) is 9.78 Å². The predicted octanol–water partition coefficient (Wildman–Crippen LogP) is 3.99. The van der Waals surface area contributed by atoms with Crippen LogP contribution in [0.2, 0.25) is 0 Å². The monoisotopic (exact) mass is 374 g/mol. The molecule has 19 heavy (non-hydrogen) atoms. The zero-order valence-corrected chi connectivity index (χ0v) is 14.1. The molecule has 1 unspecified atom stereocenters. The summed E-state index contributed by atoms with van der Waals surface area (Å²) in [6.45, 7) is 5.17. The minimum atomic E-state index is 0.228. The largest absolute Gasteiger partial charge is 0.370 e. The third-order valence-corrected chi connectivity index (χ3v) is 6.33. The predicted molar refractivity (Wildman–Crippen MR) is 84.3 cm³/mol. The summed E-state index contributed by atoms with van der Waals surface area (Å²) in [4.78, 5) is 0. The Balaban J connectivity index is 1.67. The van der Waals surface area contributed by atoms with Crippen molar-refractivity contribution >= 4 is 22.6 Å². The Morgan fingerprint density at radius 2 is 2.00 bits per heavy atom. The molecule has 1 aromatic rings. The van der Waals surface area contributed by atoms with Crippen molar-refractivity contribution in [2.45, 2.75) is 77.0 Å². The van der Waals surface area contributed by atoms with Gasteiger partial charge in [-0.05, 0) is 62.1 Å². The molecule has 3 nitrogen and oxygen atoms in total. The summed E-state index contributed by atoms with van der Waals surface area (Å²) in [5.74, 6) is 0. The molecular weight excluding hydrogens is 351 g/mol. The van der Waals surface area contributed by atoms with E-state index in [0.717, 1.165) is 12.2 Å². The van der Waals surface area contributed by atoms with Crippen LogP contribution in [-0.4, -0.2) is 21.5 Å². The summed E-state index contributed by atoms with van der Waals surface area (Å²) in [5.41, 5.74) is 2.65. The molecule has 1 saturated heterocycles. The zero-order chi connectivity index (χ0) is 13.5. The summed E-state index contributed by atoms with van der Waals surface area (Å²) in [7, 11) is 0. The fraction of sp³-hybridized carbons (Fsp3) is 0.800. The summed E-state index contributed by atoms with van der Waals surface area (Å²) < 4.78 is 9.87. The van der Waals surface area contributed by atoms with Crippen LogP contribution in [0, 0.1) is 17.4 Å². The molecule has 1 spiro atoms. The van der Waals surface area contributed by atoms with Gasteiger partial charge in [-0.1, -0.05) is 19.3 Å². The molecule has 0 amide bonds. The van der Waals surface area contributed by atoms with Crippen LogP contribution in [0.1, 0.15) is 56.3 Å². The van der Waals surface area contributed by atoms with Crippen LogP contribution < -0.4 is 0 Å². The molecule has 1 aliphatic heterocycles. The van der Waals surface area contributed by atoms with Gasteiger partial charge >= 0.3 is 0 Å². The second-order valence-electron chi connectivity index (χ2n) is 6.19. The van der Waals surface area contributed by atoms with Crippen LogP contribution in [0.3, 0.4) is 0 Å². The number of halogens is 1. The van der Waals surface area contributed by atoms with Crippen molar-refractivity contribution in [3.8, 4) is 0 Å². The van der Waals surface area contributed by atoms with E-state index in [0.29, 0.717) is 6.10 Å². The van der Waals surface area contributed by atoms with Gasteiger partial charge in [0.1, 0.15) is 0 Å². The Morgan fingerprint density at radius 3 is 2.63 bits per heavy atom. The number of rotatable bonds is 2. The van der Waals surface area contributed by atoms with E-state index in [1.54, 1.807) is 0 Å². The van der Waals surface area contributed by atoms with Gasteiger partial charge in [-0.3, -0.25) is 4.68 Å². The number of aromatic nitrogens is 2. The van der Waals surface area contributed by atoms with Gasteiger partial charge in [0.2, 0.25) is 0 Å². The van der Waals surface area contributed by atoms with E-state index in [1.807, 2.05) is 0 Å². The Labute approximate surface area is 129 Å². The van der Waals surface area contributed by atoms with E-state index < -0.39 is 0 Å². The molecule has 0 radical (unpaired) electrons. The topological polar surface area (TPSA) is 27.1 Å². The van der Waals surface area contributed by atoms with Gasteiger partial charge in [0.05, 0.1) is 27.5 Å². The standard InChI is InChI=1S/C15H23IN2O/c1-11-14(16)12(2)18(17-11)10-13-6-9-15(19-13)7-4-3-5-8-15/h13H,3-10H2,1-2H3. The Hall–Kier alpha value is -0.100. The normalized spacial score (nSPS) is 26.2. The molecule has 1 aliphatic carbocycles. The highest BCUT2D eigenvalue weighted by atomic mass is 127. The van der Waals surface area contributed by atoms with Crippen LogP contribution in [0.5, 0.6) is 0 Å². The average molecular weight is 374 g/mol. The first-order valence-corrected chi connectivity index (χ1v) is 8.55. The highest BCUT2D eigenvalue weighted by Crippen LogP contribution is 2.42. The SMILES string of the molecule is Cc1nn(CC2CCC3(CCCCC3)O2)c(C)c1I.